The molecule has 2 aliphatic rings. The molecule has 1 aromatic carbocycles. The zero-order chi connectivity index (χ0) is 23.6. The monoisotopic (exact) mass is 469 g/mol. The molecule has 33 heavy (non-hydrogen) atoms. The molecule has 0 amide bonds. The van der Waals surface area contributed by atoms with Crippen LogP contribution in [0, 0.1) is 5.82 Å². The summed E-state index contributed by atoms with van der Waals surface area (Å²) >= 11 is 0. The average Bonchev–Trinajstić information content (AvgIpc) is 2.79. The van der Waals surface area contributed by atoms with Gasteiger partial charge in [0.1, 0.15) is 17.3 Å². The number of aliphatic hydroxyl groups excluding tert-OH is 1. The van der Waals surface area contributed by atoms with Gasteiger partial charge in [-0.15, -0.1) is 10.2 Å². The van der Waals surface area contributed by atoms with Crippen LogP contribution in [0.2, 0.25) is 0 Å². The molecule has 1 fully saturated rings. The number of hydrogen-bond donors (Lipinski definition) is 2. The number of fused-ring (bicyclic) bond motifs is 1. The molecule has 0 unspecified atom stereocenters. The Hall–Kier alpha value is -2.46. The number of nitrogens with one attached hydrogen (secondary N) is 1. The van der Waals surface area contributed by atoms with E-state index in [0.29, 0.717) is 30.4 Å². The van der Waals surface area contributed by atoms with Gasteiger partial charge in [0.15, 0.2) is 12.6 Å². The van der Waals surface area contributed by atoms with E-state index in [1.165, 1.54) is 7.11 Å². The largest absolute Gasteiger partial charge is 0.467 e. The summed E-state index contributed by atoms with van der Waals surface area (Å²) in [6.07, 6.45) is 1.32. The predicted octanol–water partition coefficient (Wildman–Crippen LogP) is 4.88. The van der Waals surface area contributed by atoms with Crippen molar-refractivity contribution in [3.63, 3.8) is 0 Å². The van der Waals surface area contributed by atoms with Crippen LogP contribution < -0.4 is 10.1 Å². The summed E-state index contributed by atoms with van der Waals surface area (Å²) < 4.78 is 64.6. The Balaban J connectivity index is 1.78. The average molecular weight is 469 g/mol. The molecule has 180 valence electrons. The van der Waals surface area contributed by atoms with E-state index in [1.54, 1.807) is 0 Å². The van der Waals surface area contributed by atoms with Crippen LogP contribution in [0.15, 0.2) is 12.1 Å². The normalized spacial score (nSPS) is 20.9. The first-order valence-electron chi connectivity index (χ1n) is 11.2. The highest BCUT2D eigenvalue weighted by Crippen LogP contribution is 2.42. The third-order valence-electron chi connectivity index (χ3n) is 6.30. The van der Waals surface area contributed by atoms with E-state index in [4.69, 9.17) is 9.47 Å². The first-order valence-corrected chi connectivity index (χ1v) is 11.2. The molecule has 2 aromatic rings. The maximum Gasteiger partial charge on any atom is 0.419 e. The molecular weight excluding hydrogens is 442 g/mol. The minimum absolute atomic E-state index is 0.104. The lowest BCUT2D eigenvalue weighted by molar-refractivity contribution is -0.140. The smallest absolute Gasteiger partial charge is 0.419 e. The number of alkyl halides is 3. The fourth-order valence-electron chi connectivity index (χ4n) is 4.63. The molecule has 2 atom stereocenters. The third kappa shape index (κ3) is 5.06. The summed E-state index contributed by atoms with van der Waals surface area (Å²) in [5, 5.41) is 22.3. The molecule has 1 aromatic heterocycles. The Morgan fingerprint density at radius 3 is 2.48 bits per heavy atom. The Morgan fingerprint density at radius 1 is 1.06 bits per heavy atom. The van der Waals surface area contributed by atoms with Crippen molar-refractivity contribution in [1.82, 2.24) is 10.2 Å². The second kappa shape index (κ2) is 9.80. The lowest BCUT2D eigenvalue weighted by Gasteiger charge is -2.30. The summed E-state index contributed by atoms with van der Waals surface area (Å²) in [6.45, 7) is -0.301. The first kappa shape index (κ1) is 23.7. The van der Waals surface area contributed by atoms with Gasteiger partial charge in [-0.3, -0.25) is 0 Å². The standard InChI is InChI=1S/C23H27F4N3O3/c1-32-12-33-20-11-16(23(25,26)27)17(24)10-15(20)21-13-6-2-3-7-14(13)22(30-29-21)28-18-8-4-5-9-19(18)31/h10-11,18-19,31H,2-9,12H2,1H3,(H,28,30)/t18-,19-/m1/s1. The second-order valence-electron chi connectivity index (χ2n) is 8.54. The van der Waals surface area contributed by atoms with Crippen LogP contribution in [0.1, 0.15) is 55.2 Å². The number of benzene rings is 1. The number of rotatable bonds is 6. The second-order valence-corrected chi connectivity index (χ2v) is 8.54. The van der Waals surface area contributed by atoms with Gasteiger partial charge < -0.3 is 19.9 Å². The highest BCUT2D eigenvalue weighted by Gasteiger charge is 2.36. The summed E-state index contributed by atoms with van der Waals surface area (Å²) in [6, 6.07) is 1.32. The highest BCUT2D eigenvalue weighted by atomic mass is 19.4. The van der Waals surface area contributed by atoms with Gasteiger partial charge in [-0.2, -0.15) is 13.2 Å². The zero-order valence-corrected chi connectivity index (χ0v) is 18.3. The van der Waals surface area contributed by atoms with Gasteiger partial charge in [0.25, 0.3) is 0 Å². The fourth-order valence-corrected chi connectivity index (χ4v) is 4.63. The summed E-state index contributed by atoms with van der Waals surface area (Å²) in [5.74, 6) is -0.997. The molecule has 0 saturated heterocycles. The molecule has 0 bridgehead atoms. The number of aromatic nitrogens is 2. The molecule has 0 radical (unpaired) electrons. The number of anilines is 1. The van der Waals surface area contributed by atoms with Crippen molar-refractivity contribution in [2.24, 2.45) is 0 Å². The Kier molecular flexibility index (Phi) is 7.04. The van der Waals surface area contributed by atoms with Crippen molar-refractivity contribution in [2.75, 3.05) is 19.2 Å². The van der Waals surface area contributed by atoms with E-state index in [1.807, 2.05) is 0 Å². The molecule has 4 rings (SSSR count). The number of hydrogen-bond acceptors (Lipinski definition) is 6. The van der Waals surface area contributed by atoms with Crippen molar-refractivity contribution in [2.45, 2.75) is 69.7 Å². The highest BCUT2D eigenvalue weighted by molar-refractivity contribution is 5.73. The molecular formula is C23H27F4N3O3. The maximum atomic E-state index is 14.5. The number of nitrogens with zero attached hydrogens (tertiary/aromatic N) is 2. The molecule has 2 N–H and O–H groups in total. The number of aliphatic hydroxyl groups is 1. The van der Waals surface area contributed by atoms with Gasteiger partial charge in [0, 0.05) is 18.2 Å². The van der Waals surface area contributed by atoms with Gasteiger partial charge in [0.2, 0.25) is 0 Å². The lowest BCUT2D eigenvalue weighted by Crippen LogP contribution is -2.37. The van der Waals surface area contributed by atoms with Crippen LogP contribution in [-0.4, -0.2) is 41.4 Å². The lowest BCUT2D eigenvalue weighted by atomic mass is 9.88. The van der Waals surface area contributed by atoms with Gasteiger partial charge in [-0.05, 0) is 56.2 Å². The van der Waals surface area contributed by atoms with Crippen molar-refractivity contribution >= 4 is 5.82 Å². The number of ether oxygens (including phenoxy) is 2. The molecule has 6 nitrogen and oxygen atoms in total. The third-order valence-corrected chi connectivity index (χ3v) is 6.30. The SMILES string of the molecule is COCOc1cc(C(F)(F)F)c(F)cc1-c1nnc(N[C@@H]2CCCC[C@H]2O)c2c1CCCC2. The van der Waals surface area contributed by atoms with Crippen LogP contribution in [0.25, 0.3) is 11.3 Å². The van der Waals surface area contributed by atoms with Crippen LogP contribution >= 0.6 is 0 Å². The van der Waals surface area contributed by atoms with Gasteiger partial charge in [-0.25, -0.2) is 4.39 Å². The van der Waals surface area contributed by atoms with Crippen molar-refractivity contribution in [1.29, 1.82) is 0 Å². The minimum Gasteiger partial charge on any atom is -0.467 e. The zero-order valence-electron chi connectivity index (χ0n) is 18.3. The number of methoxy groups -OCH3 is 1. The van der Waals surface area contributed by atoms with Crippen LogP contribution in [0.5, 0.6) is 5.75 Å². The van der Waals surface area contributed by atoms with E-state index >= 15 is 0 Å². The van der Waals surface area contributed by atoms with E-state index in [9.17, 15) is 22.7 Å². The van der Waals surface area contributed by atoms with Gasteiger partial charge in [-0.1, -0.05) is 12.8 Å². The van der Waals surface area contributed by atoms with Gasteiger partial charge >= 0.3 is 6.18 Å². The fraction of sp³-hybridized carbons (Fsp3) is 0.565. The molecule has 1 saturated carbocycles. The summed E-state index contributed by atoms with van der Waals surface area (Å²) in [7, 11) is 1.34. The quantitative estimate of drug-likeness (QED) is 0.464. The Labute approximate surface area is 189 Å². The Bertz CT molecular complexity index is 1000. The minimum atomic E-state index is -4.87. The topological polar surface area (TPSA) is 76.5 Å². The first-order chi connectivity index (χ1) is 15.8. The van der Waals surface area contributed by atoms with E-state index in [2.05, 4.69) is 15.5 Å². The van der Waals surface area contributed by atoms with E-state index in [0.717, 1.165) is 55.7 Å². The van der Waals surface area contributed by atoms with Crippen molar-refractivity contribution < 1.29 is 32.1 Å². The van der Waals surface area contributed by atoms with Crippen molar-refractivity contribution in [3.8, 4) is 17.0 Å². The Morgan fingerprint density at radius 2 is 1.79 bits per heavy atom. The van der Waals surface area contributed by atoms with E-state index in [-0.39, 0.29) is 24.1 Å². The molecule has 0 aliphatic heterocycles. The van der Waals surface area contributed by atoms with Crippen molar-refractivity contribution in [3.05, 3.63) is 34.6 Å². The van der Waals surface area contributed by atoms with E-state index < -0.39 is 23.7 Å². The molecule has 2 aliphatic carbocycles. The molecule has 0 spiro atoms. The number of halogens is 4. The summed E-state index contributed by atoms with van der Waals surface area (Å²) in [4.78, 5) is 0. The van der Waals surface area contributed by atoms with Crippen LogP contribution in [0.4, 0.5) is 23.4 Å². The molecule has 1 heterocycles. The van der Waals surface area contributed by atoms with Crippen LogP contribution in [-0.2, 0) is 23.8 Å². The summed E-state index contributed by atoms with van der Waals surface area (Å²) in [5.41, 5.74) is 0.710. The van der Waals surface area contributed by atoms with Crippen LogP contribution in [0.3, 0.4) is 0 Å². The maximum absolute atomic E-state index is 14.5. The molecule has 10 heteroatoms. The van der Waals surface area contributed by atoms with Gasteiger partial charge in [0.05, 0.1) is 17.7 Å². The predicted molar refractivity (Wildman–Crippen MR) is 113 cm³/mol.